The minimum atomic E-state index is -0.0550. The van der Waals surface area contributed by atoms with E-state index in [4.69, 9.17) is 16.3 Å². The highest BCUT2D eigenvalue weighted by Gasteiger charge is 2.21. The second kappa shape index (κ2) is 6.09. The summed E-state index contributed by atoms with van der Waals surface area (Å²) in [5.41, 5.74) is 1.16. The Morgan fingerprint density at radius 2 is 1.95 bits per heavy atom. The van der Waals surface area contributed by atoms with Gasteiger partial charge in [-0.3, -0.25) is 0 Å². The summed E-state index contributed by atoms with van der Waals surface area (Å²) in [6.45, 7) is 5.05. The summed E-state index contributed by atoms with van der Waals surface area (Å²) in [5, 5.41) is 3.79. The average molecular weight is 292 g/mol. The van der Waals surface area contributed by atoms with Crippen LogP contribution >= 0.6 is 11.6 Å². The molecule has 20 heavy (non-hydrogen) atoms. The van der Waals surface area contributed by atoms with Gasteiger partial charge < -0.3 is 10.1 Å². The Kier molecular flexibility index (Phi) is 4.45. The predicted molar refractivity (Wildman–Crippen MR) is 81.6 cm³/mol. The summed E-state index contributed by atoms with van der Waals surface area (Å²) in [4.78, 5) is 8.00. The molecule has 0 radical (unpaired) electrons. The van der Waals surface area contributed by atoms with Crippen molar-refractivity contribution >= 4 is 17.4 Å². The van der Waals surface area contributed by atoms with E-state index >= 15 is 0 Å². The van der Waals surface area contributed by atoms with Crippen LogP contribution in [0.4, 0.5) is 5.82 Å². The van der Waals surface area contributed by atoms with Crippen LogP contribution in [-0.4, -0.2) is 23.6 Å². The van der Waals surface area contributed by atoms with Crippen molar-refractivity contribution in [1.29, 1.82) is 0 Å². The Morgan fingerprint density at radius 3 is 2.55 bits per heavy atom. The zero-order valence-electron chi connectivity index (χ0n) is 11.9. The lowest BCUT2D eigenvalue weighted by molar-refractivity contribution is 0.414. The van der Waals surface area contributed by atoms with E-state index in [1.54, 1.807) is 13.3 Å². The highest BCUT2D eigenvalue weighted by Crippen LogP contribution is 2.26. The smallest absolute Gasteiger partial charge is 0.148 e. The van der Waals surface area contributed by atoms with Crippen LogP contribution in [-0.2, 0) is 5.41 Å². The number of hydrogen-bond donors (Lipinski definition) is 1. The molecule has 1 aromatic carbocycles. The van der Waals surface area contributed by atoms with Crippen molar-refractivity contribution in [2.75, 3.05) is 19.0 Å². The zero-order chi connectivity index (χ0) is 14.6. The number of anilines is 1. The molecule has 4 nitrogen and oxygen atoms in total. The van der Waals surface area contributed by atoms with E-state index in [0.29, 0.717) is 10.8 Å². The van der Waals surface area contributed by atoms with Crippen LogP contribution in [0.15, 0.2) is 36.8 Å². The van der Waals surface area contributed by atoms with Gasteiger partial charge in [0.25, 0.3) is 0 Å². The van der Waals surface area contributed by atoms with Gasteiger partial charge in [0.2, 0.25) is 0 Å². The molecule has 2 rings (SSSR count). The molecule has 0 fully saturated rings. The molecular formula is C15H18ClN3O. The number of nitrogens with one attached hydrogen (secondary N) is 1. The number of methoxy groups -OCH3 is 1. The number of benzene rings is 1. The summed E-state index contributed by atoms with van der Waals surface area (Å²) in [7, 11) is 1.67. The highest BCUT2D eigenvalue weighted by atomic mass is 35.5. The Morgan fingerprint density at radius 1 is 1.25 bits per heavy atom. The Balaban J connectivity index is 2.08. The van der Waals surface area contributed by atoms with E-state index in [1.165, 1.54) is 11.9 Å². The summed E-state index contributed by atoms with van der Waals surface area (Å²) in [6, 6.07) is 8.08. The normalized spacial score (nSPS) is 11.2. The third kappa shape index (κ3) is 3.39. The van der Waals surface area contributed by atoms with Crippen molar-refractivity contribution in [2.24, 2.45) is 0 Å². The molecular weight excluding hydrogens is 274 g/mol. The maximum atomic E-state index is 6.03. The molecule has 0 atom stereocenters. The molecule has 0 spiro atoms. The number of aromatic nitrogens is 2. The molecule has 1 heterocycles. The van der Waals surface area contributed by atoms with E-state index in [9.17, 15) is 0 Å². The van der Waals surface area contributed by atoms with Gasteiger partial charge in [-0.25, -0.2) is 9.97 Å². The van der Waals surface area contributed by atoms with Crippen LogP contribution in [0.1, 0.15) is 19.4 Å². The van der Waals surface area contributed by atoms with E-state index in [0.717, 1.165) is 12.3 Å². The fourth-order valence-electron chi connectivity index (χ4n) is 1.89. The van der Waals surface area contributed by atoms with Gasteiger partial charge >= 0.3 is 0 Å². The van der Waals surface area contributed by atoms with Crippen LogP contribution in [0.25, 0.3) is 0 Å². The SMILES string of the molecule is COc1ccc(C(C)(C)CNc2ncncc2Cl)cc1. The number of nitrogens with zero attached hydrogens (tertiary/aromatic N) is 2. The van der Waals surface area contributed by atoms with Crippen molar-refractivity contribution < 1.29 is 4.74 Å². The molecule has 0 amide bonds. The molecule has 5 heteroatoms. The van der Waals surface area contributed by atoms with E-state index < -0.39 is 0 Å². The summed E-state index contributed by atoms with van der Waals surface area (Å²) >= 11 is 6.03. The van der Waals surface area contributed by atoms with Crippen molar-refractivity contribution in [3.05, 3.63) is 47.4 Å². The lowest BCUT2D eigenvalue weighted by atomic mass is 9.84. The molecule has 1 aromatic heterocycles. The molecule has 0 aliphatic rings. The Labute approximate surface area is 124 Å². The summed E-state index contributed by atoms with van der Waals surface area (Å²) in [5.74, 6) is 1.51. The first kappa shape index (κ1) is 14.6. The van der Waals surface area contributed by atoms with Gasteiger partial charge in [0.05, 0.1) is 13.3 Å². The van der Waals surface area contributed by atoms with Gasteiger partial charge in [0.1, 0.15) is 22.9 Å². The highest BCUT2D eigenvalue weighted by molar-refractivity contribution is 6.32. The van der Waals surface area contributed by atoms with E-state index in [2.05, 4.69) is 41.3 Å². The van der Waals surface area contributed by atoms with Crippen LogP contribution < -0.4 is 10.1 Å². The zero-order valence-corrected chi connectivity index (χ0v) is 12.6. The topological polar surface area (TPSA) is 47.0 Å². The van der Waals surface area contributed by atoms with E-state index in [-0.39, 0.29) is 5.41 Å². The monoisotopic (exact) mass is 291 g/mol. The standard InChI is InChI=1S/C15H18ClN3O/c1-15(2,11-4-6-12(20-3)7-5-11)9-18-14-13(16)8-17-10-19-14/h4-8,10H,9H2,1-3H3,(H,17,18,19). The second-order valence-electron chi connectivity index (χ2n) is 5.19. The largest absolute Gasteiger partial charge is 0.497 e. The average Bonchev–Trinajstić information content (AvgIpc) is 2.46. The van der Waals surface area contributed by atoms with Crippen LogP contribution in [0.2, 0.25) is 5.02 Å². The first-order valence-electron chi connectivity index (χ1n) is 6.37. The first-order chi connectivity index (χ1) is 9.53. The molecule has 0 bridgehead atoms. The maximum absolute atomic E-state index is 6.03. The van der Waals surface area contributed by atoms with Crippen LogP contribution in [0.3, 0.4) is 0 Å². The number of ether oxygens (including phenoxy) is 1. The van der Waals surface area contributed by atoms with E-state index in [1.807, 2.05) is 12.1 Å². The van der Waals surface area contributed by atoms with Gasteiger partial charge in [-0.1, -0.05) is 37.6 Å². The molecule has 0 unspecified atom stereocenters. The second-order valence-corrected chi connectivity index (χ2v) is 5.59. The first-order valence-corrected chi connectivity index (χ1v) is 6.74. The number of rotatable bonds is 5. The van der Waals surface area contributed by atoms with Gasteiger partial charge in [-0.05, 0) is 17.7 Å². The van der Waals surface area contributed by atoms with Crippen molar-refractivity contribution in [3.63, 3.8) is 0 Å². The fourth-order valence-corrected chi connectivity index (χ4v) is 2.06. The lowest BCUT2D eigenvalue weighted by Crippen LogP contribution is -2.28. The molecule has 106 valence electrons. The fraction of sp³-hybridized carbons (Fsp3) is 0.333. The third-order valence-corrected chi connectivity index (χ3v) is 3.51. The molecule has 0 aliphatic heterocycles. The maximum Gasteiger partial charge on any atom is 0.148 e. The van der Waals surface area contributed by atoms with Gasteiger partial charge in [0.15, 0.2) is 0 Å². The van der Waals surface area contributed by atoms with Crippen molar-refractivity contribution in [3.8, 4) is 5.75 Å². The molecule has 0 aliphatic carbocycles. The summed E-state index contributed by atoms with van der Waals surface area (Å²) in [6.07, 6.45) is 3.06. The third-order valence-electron chi connectivity index (χ3n) is 3.24. The Bertz CT molecular complexity index is 570. The van der Waals surface area contributed by atoms with Gasteiger partial charge in [0, 0.05) is 12.0 Å². The quantitative estimate of drug-likeness (QED) is 0.915. The molecule has 0 saturated carbocycles. The molecule has 0 saturated heterocycles. The molecule has 1 N–H and O–H groups in total. The predicted octanol–water partition coefficient (Wildman–Crippen LogP) is 3.53. The lowest BCUT2D eigenvalue weighted by Gasteiger charge is -2.26. The van der Waals surface area contributed by atoms with Gasteiger partial charge in [-0.15, -0.1) is 0 Å². The number of hydrogen-bond acceptors (Lipinski definition) is 4. The van der Waals surface area contributed by atoms with Gasteiger partial charge in [-0.2, -0.15) is 0 Å². The Hall–Kier alpha value is -1.81. The van der Waals surface area contributed by atoms with Crippen molar-refractivity contribution in [2.45, 2.75) is 19.3 Å². The van der Waals surface area contributed by atoms with Crippen molar-refractivity contribution in [1.82, 2.24) is 9.97 Å². The minimum absolute atomic E-state index is 0.0550. The minimum Gasteiger partial charge on any atom is -0.497 e. The number of halogens is 1. The van der Waals surface area contributed by atoms with Crippen LogP contribution in [0.5, 0.6) is 5.75 Å². The van der Waals surface area contributed by atoms with Crippen LogP contribution in [0, 0.1) is 0 Å². The molecule has 2 aromatic rings. The summed E-state index contributed by atoms with van der Waals surface area (Å²) < 4.78 is 5.18.